The van der Waals surface area contributed by atoms with E-state index in [1.54, 1.807) is 0 Å². The average molecular weight is 152 g/mol. The molecule has 0 aromatic heterocycles. The van der Waals surface area contributed by atoms with Crippen LogP contribution in [-0.4, -0.2) is 5.78 Å². The van der Waals surface area contributed by atoms with Gasteiger partial charge in [0.05, 0.1) is 0 Å². The fraction of sp³-hybridized carbons (Fsp3) is 0.900. The second-order valence-electron chi connectivity index (χ2n) is 4.92. The van der Waals surface area contributed by atoms with Crippen LogP contribution in [0.4, 0.5) is 0 Å². The smallest absolute Gasteiger partial charge is 0.139 e. The molecule has 0 amide bonds. The van der Waals surface area contributed by atoms with Gasteiger partial charge in [-0.1, -0.05) is 20.8 Å². The SMILES string of the molecule is CC12CC[C@@H](CC1=O)C2(C)C. The minimum atomic E-state index is 0.0255. The van der Waals surface area contributed by atoms with Crippen molar-refractivity contribution in [3.63, 3.8) is 0 Å². The first kappa shape index (κ1) is 7.33. The first-order valence-corrected chi connectivity index (χ1v) is 4.52. The van der Waals surface area contributed by atoms with Gasteiger partial charge in [0.15, 0.2) is 0 Å². The zero-order valence-corrected chi connectivity index (χ0v) is 7.61. The maximum absolute atomic E-state index is 11.6. The molecule has 0 N–H and O–H groups in total. The van der Waals surface area contributed by atoms with Crippen LogP contribution in [0.25, 0.3) is 0 Å². The highest BCUT2D eigenvalue weighted by Gasteiger charge is 2.61. The summed E-state index contributed by atoms with van der Waals surface area (Å²) in [6.07, 6.45) is 3.25. The van der Waals surface area contributed by atoms with E-state index in [4.69, 9.17) is 0 Å². The fourth-order valence-electron chi connectivity index (χ4n) is 2.90. The van der Waals surface area contributed by atoms with Gasteiger partial charge in [-0.05, 0) is 24.2 Å². The van der Waals surface area contributed by atoms with Crippen molar-refractivity contribution in [1.29, 1.82) is 0 Å². The Morgan fingerprint density at radius 3 is 2.18 bits per heavy atom. The maximum Gasteiger partial charge on any atom is 0.139 e. The second kappa shape index (κ2) is 1.70. The Morgan fingerprint density at radius 1 is 1.36 bits per heavy atom. The summed E-state index contributed by atoms with van der Waals surface area (Å²) >= 11 is 0. The lowest BCUT2D eigenvalue weighted by Crippen LogP contribution is -2.32. The van der Waals surface area contributed by atoms with Crippen LogP contribution in [0, 0.1) is 16.7 Å². The van der Waals surface area contributed by atoms with E-state index in [0.717, 1.165) is 12.8 Å². The highest BCUT2D eigenvalue weighted by molar-refractivity contribution is 5.89. The molecule has 2 saturated carbocycles. The maximum atomic E-state index is 11.6. The van der Waals surface area contributed by atoms with Crippen LogP contribution in [0.3, 0.4) is 0 Å². The molecule has 1 heteroatoms. The molecule has 2 atom stereocenters. The van der Waals surface area contributed by atoms with Crippen LogP contribution in [0.1, 0.15) is 40.0 Å². The minimum Gasteiger partial charge on any atom is -0.299 e. The zero-order chi connectivity index (χ0) is 8.28. The van der Waals surface area contributed by atoms with Gasteiger partial charge in [-0.2, -0.15) is 0 Å². The van der Waals surface area contributed by atoms with Crippen LogP contribution in [0.5, 0.6) is 0 Å². The predicted octanol–water partition coefficient (Wildman–Crippen LogP) is 2.40. The van der Waals surface area contributed by atoms with Crippen molar-refractivity contribution in [1.82, 2.24) is 0 Å². The Labute approximate surface area is 68.2 Å². The highest BCUT2D eigenvalue weighted by atomic mass is 16.1. The molecule has 0 heterocycles. The van der Waals surface area contributed by atoms with Crippen LogP contribution < -0.4 is 0 Å². The largest absolute Gasteiger partial charge is 0.299 e. The zero-order valence-electron chi connectivity index (χ0n) is 7.61. The first-order valence-electron chi connectivity index (χ1n) is 4.52. The quantitative estimate of drug-likeness (QED) is 0.521. The van der Waals surface area contributed by atoms with Crippen molar-refractivity contribution in [2.75, 3.05) is 0 Å². The Hall–Kier alpha value is -0.330. The normalized spacial score (nSPS) is 46.8. The molecular weight excluding hydrogens is 136 g/mol. The molecule has 2 fully saturated rings. The van der Waals surface area contributed by atoms with Crippen LogP contribution in [0.2, 0.25) is 0 Å². The molecule has 0 aliphatic heterocycles. The minimum absolute atomic E-state index is 0.0255. The van der Waals surface area contributed by atoms with E-state index < -0.39 is 0 Å². The summed E-state index contributed by atoms with van der Waals surface area (Å²) in [4.78, 5) is 11.6. The van der Waals surface area contributed by atoms with Gasteiger partial charge >= 0.3 is 0 Å². The Bertz CT molecular complexity index is 217. The van der Waals surface area contributed by atoms with Crippen molar-refractivity contribution in [3.8, 4) is 0 Å². The predicted molar refractivity (Wildman–Crippen MR) is 44.2 cm³/mol. The standard InChI is InChI=1S/C10H16O/c1-9(2)7-4-5-10(9,3)8(11)6-7/h7H,4-6H2,1-3H3/t7-,10?/m0/s1. The molecule has 11 heavy (non-hydrogen) atoms. The van der Waals surface area contributed by atoms with E-state index in [1.807, 2.05) is 0 Å². The second-order valence-corrected chi connectivity index (χ2v) is 4.92. The van der Waals surface area contributed by atoms with Gasteiger partial charge in [-0.3, -0.25) is 4.79 Å². The van der Waals surface area contributed by atoms with E-state index in [2.05, 4.69) is 20.8 Å². The number of fused-ring (bicyclic) bond motifs is 2. The third-order valence-corrected chi connectivity index (χ3v) is 4.48. The number of ketones is 1. The number of rotatable bonds is 0. The number of carbonyl (C=O) groups is 1. The molecule has 2 aliphatic rings. The molecule has 2 bridgehead atoms. The van der Waals surface area contributed by atoms with Gasteiger partial charge in [0.1, 0.15) is 5.78 Å². The van der Waals surface area contributed by atoms with Gasteiger partial charge in [0.2, 0.25) is 0 Å². The first-order chi connectivity index (χ1) is 4.98. The summed E-state index contributed by atoms with van der Waals surface area (Å²) in [5, 5.41) is 0. The summed E-state index contributed by atoms with van der Waals surface area (Å²) in [5.41, 5.74) is 0.307. The molecule has 1 unspecified atom stereocenters. The molecule has 0 radical (unpaired) electrons. The van der Waals surface area contributed by atoms with Gasteiger partial charge in [-0.25, -0.2) is 0 Å². The molecule has 2 aliphatic carbocycles. The third-order valence-electron chi connectivity index (χ3n) is 4.48. The summed E-state index contributed by atoms with van der Waals surface area (Å²) in [7, 11) is 0. The molecule has 1 nitrogen and oxygen atoms in total. The summed E-state index contributed by atoms with van der Waals surface area (Å²) in [6.45, 7) is 6.67. The summed E-state index contributed by atoms with van der Waals surface area (Å²) < 4.78 is 0. The Balaban J connectivity index is 2.47. The van der Waals surface area contributed by atoms with Gasteiger partial charge in [0.25, 0.3) is 0 Å². The number of hydrogen-bond donors (Lipinski definition) is 0. The third kappa shape index (κ3) is 0.605. The van der Waals surface area contributed by atoms with E-state index in [-0.39, 0.29) is 10.8 Å². The van der Waals surface area contributed by atoms with Crippen LogP contribution in [0.15, 0.2) is 0 Å². The van der Waals surface area contributed by atoms with Crippen molar-refractivity contribution >= 4 is 5.78 Å². The summed E-state index contributed by atoms with van der Waals surface area (Å²) in [5.74, 6) is 1.19. The average Bonchev–Trinajstić information content (AvgIpc) is 2.20. The highest BCUT2D eigenvalue weighted by Crippen LogP contribution is 2.63. The van der Waals surface area contributed by atoms with E-state index in [9.17, 15) is 4.79 Å². The number of Topliss-reactive ketones (excluding diaryl/α,β-unsaturated/α-hetero) is 1. The van der Waals surface area contributed by atoms with E-state index >= 15 is 0 Å². The molecule has 0 aromatic carbocycles. The molecule has 2 rings (SSSR count). The van der Waals surface area contributed by atoms with E-state index in [0.29, 0.717) is 11.7 Å². The lowest BCUT2D eigenvalue weighted by molar-refractivity contribution is -0.128. The molecule has 62 valence electrons. The van der Waals surface area contributed by atoms with E-state index in [1.165, 1.54) is 6.42 Å². The van der Waals surface area contributed by atoms with Crippen molar-refractivity contribution in [2.45, 2.75) is 40.0 Å². The number of hydrogen-bond acceptors (Lipinski definition) is 1. The fourth-order valence-corrected chi connectivity index (χ4v) is 2.90. The lowest BCUT2D eigenvalue weighted by Gasteiger charge is -2.32. The number of carbonyl (C=O) groups excluding carboxylic acids is 1. The summed E-state index contributed by atoms with van der Waals surface area (Å²) in [6, 6.07) is 0. The van der Waals surface area contributed by atoms with Crippen molar-refractivity contribution in [3.05, 3.63) is 0 Å². The van der Waals surface area contributed by atoms with Crippen molar-refractivity contribution in [2.24, 2.45) is 16.7 Å². The topological polar surface area (TPSA) is 17.1 Å². The molecule has 0 aromatic rings. The van der Waals surface area contributed by atoms with Gasteiger partial charge in [-0.15, -0.1) is 0 Å². The Morgan fingerprint density at radius 2 is 2.00 bits per heavy atom. The Kier molecular flexibility index (Phi) is 1.13. The van der Waals surface area contributed by atoms with Crippen molar-refractivity contribution < 1.29 is 4.79 Å². The van der Waals surface area contributed by atoms with Crippen LogP contribution >= 0.6 is 0 Å². The monoisotopic (exact) mass is 152 g/mol. The molecule has 0 saturated heterocycles. The lowest BCUT2D eigenvalue weighted by atomic mass is 9.70. The van der Waals surface area contributed by atoms with Gasteiger partial charge < -0.3 is 0 Å². The van der Waals surface area contributed by atoms with Gasteiger partial charge in [0, 0.05) is 11.8 Å². The van der Waals surface area contributed by atoms with Crippen LogP contribution in [-0.2, 0) is 4.79 Å². The molecule has 0 spiro atoms. The molecular formula is C10H16O.